The van der Waals surface area contributed by atoms with Gasteiger partial charge in [0.1, 0.15) is 12.4 Å². The Balaban J connectivity index is 1.73. The van der Waals surface area contributed by atoms with E-state index >= 15 is 0 Å². The fourth-order valence-corrected chi connectivity index (χ4v) is 4.20. The second-order valence-electron chi connectivity index (χ2n) is 7.32. The average Bonchev–Trinajstić information content (AvgIpc) is 3.17. The third-order valence-electron chi connectivity index (χ3n) is 5.63. The van der Waals surface area contributed by atoms with E-state index in [0.717, 1.165) is 35.3 Å². The van der Waals surface area contributed by atoms with Crippen molar-refractivity contribution in [2.45, 2.75) is 50.8 Å². The van der Waals surface area contributed by atoms with Gasteiger partial charge in [0.15, 0.2) is 0 Å². The molecule has 2 aromatic carbocycles. The summed E-state index contributed by atoms with van der Waals surface area (Å²) in [5.74, 6) is 0.136. The van der Waals surface area contributed by atoms with Crippen molar-refractivity contribution in [1.29, 1.82) is 0 Å². The molecule has 0 radical (unpaired) electrons. The normalized spacial score (nSPS) is 13.8. The van der Waals surface area contributed by atoms with Gasteiger partial charge in [-0.3, -0.25) is 4.79 Å². The van der Waals surface area contributed by atoms with E-state index in [1.54, 1.807) is 11.8 Å². The van der Waals surface area contributed by atoms with E-state index in [-0.39, 0.29) is 6.42 Å². The molecule has 0 unspecified atom stereocenters. The SMILES string of the molecule is CSc1ccc(C2=C(COc3ccc(CCC(=O)O)c(C)c3C)CCC2)cc1. The number of carbonyl (C=O) groups is 1. The summed E-state index contributed by atoms with van der Waals surface area (Å²) < 4.78 is 6.20. The molecule has 0 amide bonds. The second kappa shape index (κ2) is 9.33. The number of aliphatic carboxylic acids is 1. The molecule has 0 bridgehead atoms. The van der Waals surface area contributed by atoms with Crippen LogP contribution in [0.3, 0.4) is 0 Å². The number of hydrogen-bond acceptors (Lipinski definition) is 3. The van der Waals surface area contributed by atoms with E-state index in [2.05, 4.69) is 37.4 Å². The molecule has 0 spiro atoms. The maximum absolute atomic E-state index is 10.8. The van der Waals surface area contributed by atoms with E-state index in [1.807, 2.05) is 19.1 Å². The van der Waals surface area contributed by atoms with Crippen molar-refractivity contribution in [3.8, 4) is 5.75 Å². The average molecular weight is 397 g/mol. The lowest BCUT2D eigenvalue weighted by Gasteiger charge is -2.16. The van der Waals surface area contributed by atoms with Crippen molar-refractivity contribution < 1.29 is 14.6 Å². The van der Waals surface area contributed by atoms with Crippen LogP contribution in [-0.2, 0) is 11.2 Å². The predicted molar refractivity (Wildman–Crippen MR) is 116 cm³/mol. The highest BCUT2D eigenvalue weighted by Gasteiger charge is 2.17. The number of allylic oxidation sites excluding steroid dienone is 1. The molecule has 2 aromatic rings. The van der Waals surface area contributed by atoms with Gasteiger partial charge >= 0.3 is 5.97 Å². The summed E-state index contributed by atoms with van der Waals surface area (Å²) in [6.45, 7) is 4.72. The molecule has 1 aliphatic carbocycles. The molecule has 3 nitrogen and oxygen atoms in total. The van der Waals surface area contributed by atoms with Crippen molar-refractivity contribution in [2.24, 2.45) is 0 Å². The first-order chi connectivity index (χ1) is 13.5. The Morgan fingerprint density at radius 1 is 1.07 bits per heavy atom. The molecule has 0 aliphatic heterocycles. The van der Waals surface area contributed by atoms with Gasteiger partial charge in [0.25, 0.3) is 0 Å². The highest BCUT2D eigenvalue weighted by Crippen LogP contribution is 2.35. The number of thioether (sulfide) groups is 1. The summed E-state index contributed by atoms with van der Waals surface area (Å²) in [5.41, 5.74) is 7.45. The van der Waals surface area contributed by atoms with Gasteiger partial charge in [-0.25, -0.2) is 0 Å². The smallest absolute Gasteiger partial charge is 0.303 e. The Bertz CT molecular complexity index is 881. The molecule has 28 heavy (non-hydrogen) atoms. The van der Waals surface area contributed by atoms with Crippen LogP contribution in [-0.4, -0.2) is 23.9 Å². The third kappa shape index (κ3) is 4.79. The molecule has 0 saturated carbocycles. The first-order valence-corrected chi connectivity index (χ1v) is 11.0. The Morgan fingerprint density at radius 3 is 2.50 bits per heavy atom. The summed E-state index contributed by atoms with van der Waals surface area (Å²) in [5, 5.41) is 8.91. The summed E-state index contributed by atoms with van der Waals surface area (Å²) in [6.07, 6.45) is 6.21. The number of carboxylic acids is 1. The van der Waals surface area contributed by atoms with Crippen molar-refractivity contribution in [2.75, 3.05) is 12.9 Å². The maximum Gasteiger partial charge on any atom is 0.303 e. The molecule has 0 fully saturated rings. The first kappa shape index (κ1) is 20.5. The zero-order valence-corrected chi connectivity index (χ0v) is 17.7. The number of aryl methyl sites for hydroxylation is 1. The van der Waals surface area contributed by atoms with Crippen LogP contribution in [0.25, 0.3) is 5.57 Å². The van der Waals surface area contributed by atoms with Crippen LogP contribution in [0, 0.1) is 13.8 Å². The van der Waals surface area contributed by atoms with Gasteiger partial charge in [0.2, 0.25) is 0 Å². The fraction of sp³-hybridized carbons (Fsp3) is 0.375. The number of hydrogen-bond donors (Lipinski definition) is 1. The molecule has 4 heteroatoms. The van der Waals surface area contributed by atoms with E-state index in [1.165, 1.54) is 28.0 Å². The molecule has 3 rings (SSSR count). The monoisotopic (exact) mass is 396 g/mol. The molecule has 0 aromatic heterocycles. The minimum Gasteiger partial charge on any atom is -0.489 e. The summed E-state index contributed by atoms with van der Waals surface area (Å²) in [6, 6.07) is 12.8. The first-order valence-electron chi connectivity index (χ1n) is 9.78. The van der Waals surface area contributed by atoms with Crippen LogP contribution in [0.2, 0.25) is 0 Å². The topological polar surface area (TPSA) is 46.5 Å². The Hall–Kier alpha value is -2.20. The molecule has 0 saturated heterocycles. The zero-order valence-electron chi connectivity index (χ0n) is 16.9. The van der Waals surface area contributed by atoms with E-state index in [0.29, 0.717) is 13.0 Å². The summed E-state index contributed by atoms with van der Waals surface area (Å²) in [4.78, 5) is 12.1. The van der Waals surface area contributed by atoms with Crippen molar-refractivity contribution in [3.63, 3.8) is 0 Å². The van der Waals surface area contributed by atoms with Crippen LogP contribution < -0.4 is 4.74 Å². The summed E-state index contributed by atoms with van der Waals surface area (Å²) >= 11 is 1.76. The van der Waals surface area contributed by atoms with Crippen molar-refractivity contribution in [1.82, 2.24) is 0 Å². The molecule has 0 heterocycles. The highest BCUT2D eigenvalue weighted by molar-refractivity contribution is 7.98. The molecular formula is C24H28O3S. The quantitative estimate of drug-likeness (QED) is 0.551. The van der Waals surface area contributed by atoms with Crippen LogP contribution in [0.5, 0.6) is 5.75 Å². The third-order valence-corrected chi connectivity index (χ3v) is 6.37. The molecule has 148 valence electrons. The fourth-order valence-electron chi connectivity index (χ4n) is 3.79. The number of carboxylic acid groups (broad SMARTS) is 1. The van der Waals surface area contributed by atoms with Gasteiger partial charge in [-0.1, -0.05) is 18.2 Å². The lowest BCUT2D eigenvalue weighted by atomic mass is 9.99. The minimum absolute atomic E-state index is 0.159. The largest absolute Gasteiger partial charge is 0.489 e. The van der Waals surface area contributed by atoms with Gasteiger partial charge in [-0.05, 0) is 97.4 Å². The van der Waals surface area contributed by atoms with E-state index in [4.69, 9.17) is 9.84 Å². The number of ether oxygens (including phenoxy) is 1. The van der Waals surface area contributed by atoms with Gasteiger partial charge < -0.3 is 9.84 Å². The van der Waals surface area contributed by atoms with E-state index in [9.17, 15) is 4.79 Å². The van der Waals surface area contributed by atoms with Crippen molar-refractivity contribution in [3.05, 3.63) is 64.2 Å². The lowest BCUT2D eigenvalue weighted by molar-refractivity contribution is -0.136. The molecular weight excluding hydrogens is 368 g/mol. The minimum atomic E-state index is -0.761. The van der Waals surface area contributed by atoms with Crippen LogP contribution in [0.4, 0.5) is 0 Å². The van der Waals surface area contributed by atoms with Gasteiger partial charge in [0, 0.05) is 11.3 Å². The van der Waals surface area contributed by atoms with Crippen molar-refractivity contribution >= 4 is 23.3 Å². The standard InChI is InChI=1S/C24H28O3S/c1-16-17(2)23(13-9-18(16)10-14-24(25)26)27-15-20-5-4-6-22(20)19-7-11-21(28-3)12-8-19/h7-9,11-13H,4-6,10,14-15H2,1-3H3,(H,25,26). The number of benzene rings is 2. The van der Waals surface area contributed by atoms with Gasteiger partial charge in [0.05, 0.1) is 0 Å². The van der Waals surface area contributed by atoms with Crippen LogP contribution >= 0.6 is 11.8 Å². The molecule has 1 N–H and O–H groups in total. The molecule has 1 aliphatic rings. The van der Waals surface area contributed by atoms with Gasteiger partial charge in [-0.15, -0.1) is 11.8 Å². The Morgan fingerprint density at radius 2 is 1.82 bits per heavy atom. The Labute approximate surface area is 171 Å². The zero-order chi connectivity index (χ0) is 20.1. The van der Waals surface area contributed by atoms with Crippen LogP contribution in [0.1, 0.15) is 47.9 Å². The predicted octanol–water partition coefficient (Wildman–Crippen LogP) is 6.06. The maximum atomic E-state index is 10.8. The lowest BCUT2D eigenvalue weighted by Crippen LogP contribution is -2.05. The van der Waals surface area contributed by atoms with Gasteiger partial charge in [-0.2, -0.15) is 0 Å². The van der Waals surface area contributed by atoms with E-state index < -0.39 is 5.97 Å². The highest BCUT2D eigenvalue weighted by atomic mass is 32.2. The second-order valence-corrected chi connectivity index (χ2v) is 8.20. The molecule has 0 atom stereocenters. The van der Waals surface area contributed by atoms with Crippen LogP contribution in [0.15, 0.2) is 46.9 Å². The number of rotatable bonds is 8. The summed E-state index contributed by atoms with van der Waals surface area (Å²) in [7, 11) is 0. The Kier molecular flexibility index (Phi) is 6.84.